The summed E-state index contributed by atoms with van der Waals surface area (Å²) >= 11 is 3.26. The summed E-state index contributed by atoms with van der Waals surface area (Å²) in [5.41, 5.74) is -1.31. The largest absolute Gasteiger partial charge is 0.508 e. The van der Waals surface area contributed by atoms with E-state index in [1.54, 1.807) is 41.5 Å². The molecule has 0 heterocycles. The zero-order chi connectivity index (χ0) is 20.1. The number of carbonyl (C=O) groups excluding carboxylic acids is 2. The Morgan fingerprint density at radius 1 is 1.12 bits per heavy atom. The van der Waals surface area contributed by atoms with Gasteiger partial charge in [0.1, 0.15) is 23.6 Å². The van der Waals surface area contributed by atoms with Crippen LogP contribution in [-0.4, -0.2) is 30.1 Å². The summed E-state index contributed by atoms with van der Waals surface area (Å²) in [4.78, 5) is 23.8. The van der Waals surface area contributed by atoms with Gasteiger partial charge in [0.15, 0.2) is 0 Å². The molecule has 1 aromatic carbocycles. The molecule has 0 aliphatic rings. The second-order valence-corrected chi connectivity index (χ2v) is 8.56. The second kappa shape index (κ2) is 8.70. The molecule has 146 valence electrons. The van der Waals surface area contributed by atoms with Crippen molar-refractivity contribution in [3.63, 3.8) is 0 Å². The maximum Gasteiger partial charge on any atom is 0.508 e. The zero-order valence-electron chi connectivity index (χ0n) is 15.8. The van der Waals surface area contributed by atoms with Crippen LogP contribution in [0.4, 0.5) is 14.0 Å². The van der Waals surface area contributed by atoms with E-state index in [1.165, 1.54) is 18.2 Å². The summed E-state index contributed by atoms with van der Waals surface area (Å²) in [7, 11) is 0. The summed E-state index contributed by atoms with van der Waals surface area (Å²) in [5.74, 6) is -0.554. The summed E-state index contributed by atoms with van der Waals surface area (Å²) in [6.45, 7) is 9.88. The summed E-state index contributed by atoms with van der Waals surface area (Å²) in [5, 5.41) is 2.52. The first-order valence-electron chi connectivity index (χ1n) is 8.07. The molecule has 1 rings (SSSR count). The topological polar surface area (TPSA) is 73.9 Å². The van der Waals surface area contributed by atoms with Gasteiger partial charge in [-0.2, -0.15) is 0 Å². The van der Waals surface area contributed by atoms with E-state index < -0.39 is 35.3 Å². The molecule has 1 unspecified atom stereocenters. The first-order valence-corrected chi connectivity index (χ1v) is 8.86. The third kappa shape index (κ3) is 8.51. The molecule has 1 atom stereocenters. The van der Waals surface area contributed by atoms with Crippen LogP contribution in [0, 0.1) is 5.82 Å². The third-order valence-electron chi connectivity index (χ3n) is 2.78. The lowest BCUT2D eigenvalue weighted by molar-refractivity contribution is -0.0122. The molecule has 8 heteroatoms. The van der Waals surface area contributed by atoms with E-state index in [0.29, 0.717) is 4.47 Å². The van der Waals surface area contributed by atoms with Crippen molar-refractivity contribution in [2.45, 2.75) is 58.8 Å². The van der Waals surface area contributed by atoms with Crippen LogP contribution in [0.15, 0.2) is 22.7 Å². The minimum Gasteiger partial charge on any atom is -0.444 e. The van der Waals surface area contributed by atoms with Crippen LogP contribution >= 0.6 is 15.9 Å². The lowest BCUT2D eigenvalue weighted by Crippen LogP contribution is -2.37. The number of amides is 1. The van der Waals surface area contributed by atoms with Gasteiger partial charge in [0.25, 0.3) is 0 Å². The number of carbonyl (C=O) groups is 2. The number of hydrogen-bond acceptors (Lipinski definition) is 5. The predicted octanol–water partition coefficient (Wildman–Crippen LogP) is 5.11. The minimum atomic E-state index is -0.949. The molecule has 26 heavy (non-hydrogen) atoms. The van der Waals surface area contributed by atoms with Gasteiger partial charge in [-0.05, 0) is 59.7 Å². The highest BCUT2D eigenvalue weighted by molar-refractivity contribution is 9.10. The van der Waals surface area contributed by atoms with Gasteiger partial charge >= 0.3 is 12.2 Å². The molecule has 0 bridgehead atoms. The van der Waals surface area contributed by atoms with Gasteiger partial charge in [0.2, 0.25) is 0 Å². The lowest BCUT2D eigenvalue weighted by atomic mass is 10.1. The molecule has 0 saturated heterocycles. The Balaban J connectivity index is 2.93. The first kappa shape index (κ1) is 22.2. The van der Waals surface area contributed by atoms with E-state index in [0.717, 1.165) is 0 Å². The number of benzene rings is 1. The molecule has 0 fully saturated rings. The van der Waals surface area contributed by atoms with Crippen molar-refractivity contribution in [1.29, 1.82) is 0 Å². The number of halogens is 2. The van der Waals surface area contributed by atoms with Gasteiger partial charge in [-0.1, -0.05) is 15.9 Å². The van der Waals surface area contributed by atoms with Gasteiger partial charge < -0.3 is 19.5 Å². The van der Waals surface area contributed by atoms with Gasteiger partial charge in [0, 0.05) is 10.0 Å². The van der Waals surface area contributed by atoms with Crippen molar-refractivity contribution in [3.05, 3.63) is 34.1 Å². The van der Waals surface area contributed by atoms with E-state index in [-0.39, 0.29) is 12.2 Å². The van der Waals surface area contributed by atoms with Gasteiger partial charge in [0.05, 0.1) is 6.04 Å². The first-order chi connectivity index (χ1) is 11.8. The van der Waals surface area contributed by atoms with Crippen LogP contribution in [0.1, 0.15) is 53.1 Å². The lowest BCUT2D eigenvalue weighted by Gasteiger charge is -2.25. The highest BCUT2D eigenvalue weighted by Gasteiger charge is 2.25. The van der Waals surface area contributed by atoms with Crippen molar-refractivity contribution < 1.29 is 28.2 Å². The van der Waals surface area contributed by atoms with Crippen molar-refractivity contribution in [2.24, 2.45) is 0 Å². The van der Waals surface area contributed by atoms with E-state index in [2.05, 4.69) is 21.2 Å². The molecule has 0 spiro atoms. The fourth-order valence-electron chi connectivity index (χ4n) is 1.87. The van der Waals surface area contributed by atoms with E-state index >= 15 is 0 Å². The van der Waals surface area contributed by atoms with Crippen LogP contribution in [0.3, 0.4) is 0 Å². The van der Waals surface area contributed by atoms with Crippen LogP contribution < -0.4 is 5.32 Å². The number of hydrogen-bond donors (Lipinski definition) is 1. The normalized spacial score (nSPS) is 12.9. The second-order valence-electron chi connectivity index (χ2n) is 7.64. The highest BCUT2D eigenvalue weighted by atomic mass is 79.9. The molecular formula is C18H25BrFNO5. The summed E-state index contributed by atoms with van der Waals surface area (Å²) in [6, 6.07) is 3.32. The third-order valence-corrected chi connectivity index (χ3v) is 3.28. The molecule has 1 N–H and O–H groups in total. The minimum absolute atomic E-state index is 0.147. The van der Waals surface area contributed by atoms with E-state index in [1.807, 2.05) is 0 Å². The Labute approximate surface area is 161 Å². The van der Waals surface area contributed by atoms with E-state index in [9.17, 15) is 14.0 Å². The highest BCUT2D eigenvalue weighted by Crippen LogP contribution is 2.23. The quantitative estimate of drug-likeness (QED) is 0.667. The van der Waals surface area contributed by atoms with Gasteiger partial charge in [-0.25, -0.2) is 14.0 Å². The van der Waals surface area contributed by atoms with Crippen LogP contribution in [-0.2, 0) is 14.2 Å². The average Bonchev–Trinajstić information content (AvgIpc) is 2.42. The van der Waals surface area contributed by atoms with E-state index in [4.69, 9.17) is 14.2 Å². The van der Waals surface area contributed by atoms with Crippen molar-refractivity contribution in [1.82, 2.24) is 5.32 Å². The smallest absolute Gasteiger partial charge is 0.444 e. The van der Waals surface area contributed by atoms with Crippen molar-refractivity contribution in [3.8, 4) is 0 Å². The maximum atomic E-state index is 14.2. The van der Waals surface area contributed by atoms with Crippen LogP contribution in [0.5, 0.6) is 0 Å². The van der Waals surface area contributed by atoms with Crippen molar-refractivity contribution >= 4 is 28.2 Å². The Kier molecular flexibility index (Phi) is 7.44. The van der Waals surface area contributed by atoms with Gasteiger partial charge in [-0.15, -0.1) is 0 Å². The van der Waals surface area contributed by atoms with Crippen LogP contribution in [0.25, 0.3) is 0 Å². The van der Waals surface area contributed by atoms with Crippen LogP contribution in [0.2, 0.25) is 0 Å². The predicted molar refractivity (Wildman–Crippen MR) is 98.4 cm³/mol. The molecular weight excluding hydrogens is 409 g/mol. The Bertz CT molecular complexity index is 652. The Morgan fingerprint density at radius 2 is 1.69 bits per heavy atom. The molecule has 0 aliphatic carbocycles. The SMILES string of the molecule is CC(C)(C)OC(=O)NC(COC(=O)OC(C)(C)C)c1cc(Br)ccc1F. The summed E-state index contributed by atoms with van der Waals surface area (Å²) < 4.78 is 30.1. The molecule has 0 saturated carbocycles. The Morgan fingerprint density at radius 3 is 2.23 bits per heavy atom. The molecule has 0 aromatic heterocycles. The fraction of sp³-hybridized carbons (Fsp3) is 0.556. The number of rotatable bonds is 4. The number of ether oxygens (including phenoxy) is 3. The van der Waals surface area contributed by atoms with Crippen molar-refractivity contribution in [2.75, 3.05) is 6.61 Å². The molecule has 1 amide bonds. The summed E-state index contributed by atoms with van der Waals surface area (Å²) in [6.07, 6.45) is -1.67. The molecule has 0 radical (unpaired) electrons. The monoisotopic (exact) mass is 433 g/mol. The Hall–Kier alpha value is -1.83. The number of alkyl carbamates (subject to hydrolysis) is 1. The standard InChI is InChI=1S/C18H25BrFNO5/c1-17(2,3)25-15(22)21-14(10-24-16(23)26-18(4,5)6)12-9-11(19)7-8-13(12)20/h7-9,14H,10H2,1-6H3,(H,21,22). The molecule has 0 aliphatic heterocycles. The van der Waals surface area contributed by atoms with Gasteiger partial charge in [-0.3, -0.25) is 0 Å². The number of nitrogens with one attached hydrogen (secondary N) is 1. The molecule has 6 nitrogen and oxygen atoms in total. The fourth-order valence-corrected chi connectivity index (χ4v) is 2.25. The zero-order valence-corrected chi connectivity index (χ0v) is 17.4. The molecule has 1 aromatic rings. The average molecular weight is 434 g/mol. The maximum absolute atomic E-state index is 14.2.